The molecular formula is C12H16O4S. The van der Waals surface area contributed by atoms with E-state index in [1.165, 1.54) is 18.7 Å². The second-order valence-electron chi connectivity index (χ2n) is 4.25. The second-order valence-corrected chi connectivity index (χ2v) is 5.29. The number of carbonyl (C=O) groups is 4. The number of carbonyl (C=O) groups excluding carboxylic acids is 4. The molecule has 0 radical (unpaired) electrons. The molecule has 94 valence electrons. The third kappa shape index (κ3) is 3.49. The van der Waals surface area contributed by atoms with Crippen molar-refractivity contribution in [1.29, 1.82) is 0 Å². The topological polar surface area (TPSA) is 68.3 Å². The highest BCUT2D eigenvalue weighted by Crippen LogP contribution is 2.28. The van der Waals surface area contributed by atoms with Gasteiger partial charge in [0.15, 0.2) is 17.3 Å². The summed E-state index contributed by atoms with van der Waals surface area (Å²) in [6.07, 6.45) is 2.83. The van der Waals surface area contributed by atoms with Crippen LogP contribution in [-0.2, 0) is 19.2 Å². The molecule has 0 saturated heterocycles. The van der Waals surface area contributed by atoms with Crippen LogP contribution in [0.25, 0.3) is 0 Å². The normalized spacial score (nSPS) is 24.1. The van der Waals surface area contributed by atoms with Crippen molar-refractivity contribution in [2.45, 2.75) is 37.9 Å². The van der Waals surface area contributed by atoms with E-state index in [4.69, 9.17) is 0 Å². The van der Waals surface area contributed by atoms with Gasteiger partial charge in [0.2, 0.25) is 0 Å². The zero-order valence-corrected chi connectivity index (χ0v) is 10.8. The minimum atomic E-state index is -1.06. The Morgan fingerprint density at radius 2 is 1.94 bits per heavy atom. The summed E-state index contributed by atoms with van der Waals surface area (Å²) < 4.78 is 0. The molecule has 0 aromatic heterocycles. The first-order valence-corrected chi connectivity index (χ1v) is 6.87. The summed E-state index contributed by atoms with van der Waals surface area (Å²) in [6.45, 7) is 1.46. The van der Waals surface area contributed by atoms with E-state index in [9.17, 15) is 19.2 Å². The highest BCUT2D eigenvalue weighted by Gasteiger charge is 2.44. The van der Waals surface area contributed by atoms with Gasteiger partial charge in [0.1, 0.15) is 11.7 Å². The fourth-order valence-corrected chi connectivity index (χ4v) is 2.64. The van der Waals surface area contributed by atoms with Gasteiger partial charge in [0.25, 0.3) is 0 Å². The van der Waals surface area contributed by atoms with Crippen LogP contribution in [0.5, 0.6) is 0 Å². The SMILES string of the molecule is CSC1CC(=O)C(C(=O)CCCC(C)=O)C1=O. The van der Waals surface area contributed by atoms with E-state index in [-0.39, 0.29) is 41.2 Å². The predicted octanol–water partition coefficient (Wildman–Crippen LogP) is 1.20. The molecule has 1 aliphatic carbocycles. The monoisotopic (exact) mass is 256 g/mol. The van der Waals surface area contributed by atoms with Crippen molar-refractivity contribution in [3.05, 3.63) is 0 Å². The van der Waals surface area contributed by atoms with Crippen LogP contribution in [0, 0.1) is 5.92 Å². The summed E-state index contributed by atoms with van der Waals surface area (Å²) in [5.41, 5.74) is 0. The molecule has 17 heavy (non-hydrogen) atoms. The van der Waals surface area contributed by atoms with E-state index in [2.05, 4.69) is 0 Å². The summed E-state index contributed by atoms with van der Waals surface area (Å²) >= 11 is 1.32. The van der Waals surface area contributed by atoms with E-state index in [1.807, 2.05) is 0 Å². The van der Waals surface area contributed by atoms with Crippen molar-refractivity contribution in [2.24, 2.45) is 5.92 Å². The number of rotatable bonds is 6. The predicted molar refractivity (Wildman–Crippen MR) is 65.0 cm³/mol. The standard InChI is InChI=1S/C12H16O4S/c1-7(13)4-3-5-8(14)11-9(15)6-10(17-2)12(11)16/h10-11H,3-6H2,1-2H3. The molecule has 0 N–H and O–H groups in total. The molecule has 4 nitrogen and oxygen atoms in total. The van der Waals surface area contributed by atoms with Crippen LogP contribution in [0.15, 0.2) is 0 Å². The third-order valence-corrected chi connectivity index (χ3v) is 3.84. The number of hydrogen-bond acceptors (Lipinski definition) is 5. The summed E-state index contributed by atoms with van der Waals surface area (Å²) in [6, 6.07) is 0. The van der Waals surface area contributed by atoms with Crippen LogP contribution in [-0.4, -0.2) is 34.6 Å². The molecule has 2 unspecified atom stereocenters. The molecule has 0 amide bonds. The lowest BCUT2D eigenvalue weighted by atomic mass is 9.96. The average molecular weight is 256 g/mol. The lowest BCUT2D eigenvalue weighted by molar-refractivity contribution is -0.136. The van der Waals surface area contributed by atoms with Crippen molar-refractivity contribution in [3.8, 4) is 0 Å². The maximum absolute atomic E-state index is 11.8. The van der Waals surface area contributed by atoms with E-state index in [1.54, 1.807) is 6.26 Å². The maximum Gasteiger partial charge on any atom is 0.164 e. The molecule has 0 aromatic rings. The van der Waals surface area contributed by atoms with Gasteiger partial charge < -0.3 is 4.79 Å². The summed E-state index contributed by atoms with van der Waals surface area (Å²) in [5, 5.41) is -0.357. The minimum Gasteiger partial charge on any atom is -0.300 e. The van der Waals surface area contributed by atoms with Crippen molar-refractivity contribution < 1.29 is 19.2 Å². The largest absolute Gasteiger partial charge is 0.300 e. The molecule has 2 atom stereocenters. The Hall–Kier alpha value is -0.970. The van der Waals surface area contributed by atoms with Crippen molar-refractivity contribution in [3.63, 3.8) is 0 Å². The van der Waals surface area contributed by atoms with Gasteiger partial charge in [-0.3, -0.25) is 14.4 Å². The van der Waals surface area contributed by atoms with Crippen molar-refractivity contribution >= 4 is 34.9 Å². The highest BCUT2D eigenvalue weighted by molar-refractivity contribution is 8.00. The summed E-state index contributed by atoms with van der Waals surface area (Å²) in [5.74, 6) is -1.88. The Balaban J connectivity index is 2.54. The zero-order chi connectivity index (χ0) is 13.0. The second kappa shape index (κ2) is 6.10. The van der Waals surface area contributed by atoms with Crippen molar-refractivity contribution in [2.75, 3.05) is 6.26 Å². The highest BCUT2D eigenvalue weighted by atomic mass is 32.2. The van der Waals surface area contributed by atoms with Crippen LogP contribution in [0.4, 0.5) is 0 Å². The summed E-state index contributed by atoms with van der Waals surface area (Å²) in [4.78, 5) is 45.8. The lowest BCUT2D eigenvalue weighted by Gasteiger charge is -2.06. The number of thioether (sulfide) groups is 1. The van der Waals surface area contributed by atoms with E-state index in [0.717, 1.165) is 0 Å². The number of Topliss-reactive ketones (excluding diaryl/α,β-unsaturated/α-hetero) is 4. The fraction of sp³-hybridized carbons (Fsp3) is 0.667. The van der Waals surface area contributed by atoms with Crippen LogP contribution in [0.1, 0.15) is 32.6 Å². The minimum absolute atomic E-state index is 0.0175. The molecule has 5 heteroatoms. The van der Waals surface area contributed by atoms with Gasteiger partial charge in [-0.2, -0.15) is 11.8 Å². The van der Waals surface area contributed by atoms with Crippen LogP contribution < -0.4 is 0 Å². The molecule has 0 heterocycles. The van der Waals surface area contributed by atoms with Crippen molar-refractivity contribution in [1.82, 2.24) is 0 Å². The van der Waals surface area contributed by atoms with E-state index < -0.39 is 5.92 Å². The summed E-state index contributed by atoms with van der Waals surface area (Å²) in [7, 11) is 0. The van der Waals surface area contributed by atoms with Crippen LogP contribution in [0.2, 0.25) is 0 Å². The van der Waals surface area contributed by atoms with Crippen LogP contribution >= 0.6 is 11.8 Å². The third-order valence-electron chi connectivity index (χ3n) is 2.87. The molecule has 1 saturated carbocycles. The zero-order valence-electron chi connectivity index (χ0n) is 10.0. The molecule has 1 rings (SSSR count). The Kier molecular flexibility index (Phi) is 5.05. The molecule has 1 aliphatic rings. The van der Waals surface area contributed by atoms with Gasteiger partial charge in [-0.25, -0.2) is 0 Å². The maximum atomic E-state index is 11.8. The number of ketones is 4. The molecule has 0 aromatic carbocycles. The van der Waals surface area contributed by atoms with Gasteiger partial charge in [-0.1, -0.05) is 0 Å². The van der Waals surface area contributed by atoms with E-state index in [0.29, 0.717) is 12.8 Å². The first-order chi connectivity index (χ1) is 7.97. The Bertz CT molecular complexity index is 362. The van der Waals surface area contributed by atoms with Crippen LogP contribution in [0.3, 0.4) is 0 Å². The molecule has 0 spiro atoms. The Labute approximate surface area is 105 Å². The van der Waals surface area contributed by atoms with Gasteiger partial charge in [0, 0.05) is 19.3 Å². The Morgan fingerprint density at radius 1 is 1.29 bits per heavy atom. The quantitative estimate of drug-likeness (QED) is 0.668. The van der Waals surface area contributed by atoms with Gasteiger partial charge >= 0.3 is 0 Å². The molecule has 1 fully saturated rings. The molecule has 0 bridgehead atoms. The average Bonchev–Trinajstić information content (AvgIpc) is 2.53. The first kappa shape index (κ1) is 14.1. The van der Waals surface area contributed by atoms with Gasteiger partial charge in [-0.05, 0) is 19.6 Å². The van der Waals surface area contributed by atoms with Gasteiger partial charge in [-0.15, -0.1) is 0 Å². The van der Waals surface area contributed by atoms with Gasteiger partial charge in [0.05, 0.1) is 5.25 Å². The molecule has 0 aliphatic heterocycles. The Morgan fingerprint density at radius 3 is 2.41 bits per heavy atom. The molecular weight excluding hydrogens is 240 g/mol. The number of hydrogen-bond donors (Lipinski definition) is 0. The van der Waals surface area contributed by atoms with E-state index >= 15 is 0 Å². The fourth-order valence-electron chi connectivity index (χ4n) is 1.94. The smallest absolute Gasteiger partial charge is 0.164 e. The first-order valence-electron chi connectivity index (χ1n) is 5.58. The lowest BCUT2D eigenvalue weighted by Crippen LogP contribution is -2.27.